The van der Waals surface area contributed by atoms with Gasteiger partial charge in [-0.3, -0.25) is 10.0 Å². The minimum absolute atomic E-state index is 0.00156. The number of sulfonamides is 1. The Kier molecular flexibility index (Phi) is 9.94. The molecule has 0 aliphatic heterocycles. The van der Waals surface area contributed by atoms with Crippen LogP contribution in [0.5, 0.6) is 0 Å². The lowest BCUT2D eigenvalue weighted by atomic mass is 10.1. The molecule has 220 valence electrons. The van der Waals surface area contributed by atoms with Crippen molar-refractivity contribution in [3.63, 3.8) is 0 Å². The quantitative estimate of drug-likeness (QED) is 0.151. The van der Waals surface area contributed by atoms with Gasteiger partial charge in [0.2, 0.25) is 10.0 Å². The average molecular weight is 632 g/mol. The zero-order valence-corrected chi connectivity index (χ0v) is 24.9. The van der Waals surface area contributed by atoms with Crippen molar-refractivity contribution in [1.82, 2.24) is 20.6 Å². The number of imidazole rings is 1. The predicted molar refractivity (Wildman–Crippen MR) is 163 cm³/mol. The van der Waals surface area contributed by atoms with E-state index in [1.54, 1.807) is 36.4 Å². The number of aromatic amines is 1. The summed E-state index contributed by atoms with van der Waals surface area (Å²) in [6.07, 6.45) is 0.849. The molecule has 0 bridgehead atoms. The van der Waals surface area contributed by atoms with Crippen molar-refractivity contribution in [3.05, 3.63) is 99.9 Å². The second-order valence-electron chi connectivity index (χ2n) is 9.22. The second kappa shape index (κ2) is 13.6. The van der Waals surface area contributed by atoms with Crippen LogP contribution in [0.25, 0.3) is 11.3 Å². The fraction of sp³-hybridized carbons (Fsp3) is 0.179. The first kappa shape index (κ1) is 30.7. The Morgan fingerprint density at radius 2 is 1.74 bits per heavy atom. The number of H-pyrrole nitrogens is 1. The van der Waals surface area contributed by atoms with Crippen LogP contribution in [0.15, 0.2) is 72.8 Å². The SMILES string of the molecule is COC(=O)Nc1ccc(-c2nc(C(Cc3ccccc3)NC(=O)NCc3cc(Cl)ccc3NS(C)(=O)=O)[nH]c2Cl)cc1. The number of anilines is 2. The maximum atomic E-state index is 13.1. The predicted octanol–water partition coefficient (Wildman–Crippen LogP) is 5.72. The molecule has 0 aliphatic rings. The van der Waals surface area contributed by atoms with E-state index < -0.39 is 28.2 Å². The lowest BCUT2D eigenvalue weighted by Gasteiger charge is -2.18. The van der Waals surface area contributed by atoms with Gasteiger partial charge < -0.3 is 20.4 Å². The van der Waals surface area contributed by atoms with Crippen LogP contribution in [-0.2, 0) is 27.7 Å². The van der Waals surface area contributed by atoms with Gasteiger partial charge in [0.25, 0.3) is 0 Å². The van der Waals surface area contributed by atoms with Gasteiger partial charge in [0.15, 0.2) is 0 Å². The minimum atomic E-state index is -3.54. The molecule has 1 atom stereocenters. The molecule has 14 heteroatoms. The van der Waals surface area contributed by atoms with Gasteiger partial charge >= 0.3 is 12.1 Å². The fourth-order valence-electron chi connectivity index (χ4n) is 4.06. The van der Waals surface area contributed by atoms with Gasteiger partial charge in [-0.2, -0.15) is 0 Å². The molecule has 1 heterocycles. The Labute approximate surface area is 253 Å². The third kappa shape index (κ3) is 8.62. The van der Waals surface area contributed by atoms with Crippen LogP contribution < -0.4 is 20.7 Å². The molecule has 0 radical (unpaired) electrons. The molecule has 42 heavy (non-hydrogen) atoms. The number of rotatable bonds is 10. The number of hydrogen-bond donors (Lipinski definition) is 5. The summed E-state index contributed by atoms with van der Waals surface area (Å²) in [5.74, 6) is 0.424. The van der Waals surface area contributed by atoms with Crippen molar-refractivity contribution < 1.29 is 22.7 Å². The van der Waals surface area contributed by atoms with E-state index in [0.717, 1.165) is 11.8 Å². The number of amides is 3. The molecule has 11 nitrogen and oxygen atoms in total. The maximum absolute atomic E-state index is 13.1. The largest absolute Gasteiger partial charge is 0.453 e. The van der Waals surface area contributed by atoms with Crippen molar-refractivity contribution in [3.8, 4) is 11.3 Å². The zero-order chi connectivity index (χ0) is 30.3. The number of carbonyl (C=O) groups is 2. The Bertz CT molecular complexity index is 1660. The van der Waals surface area contributed by atoms with Crippen LogP contribution in [0.3, 0.4) is 0 Å². The molecule has 4 rings (SSSR count). The van der Waals surface area contributed by atoms with E-state index in [1.807, 2.05) is 30.3 Å². The highest BCUT2D eigenvalue weighted by atomic mass is 35.5. The Morgan fingerprint density at radius 1 is 1.02 bits per heavy atom. The summed E-state index contributed by atoms with van der Waals surface area (Å²) in [6, 6.07) is 19.9. The third-order valence-electron chi connectivity index (χ3n) is 5.99. The van der Waals surface area contributed by atoms with E-state index in [9.17, 15) is 18.0 Å². The maximum Gasteiger partial charge on any atom is 0.411 e. The number of benzene rings is 3. The van der Waals surface area contributed by atoms with E-state index in [0.29, 0.717) is 45.5 Å². The van der Waals surface area contributed by atoms with Gasteiger partial charge in [-0.1, -0.05) is 65.7 Å². The summed E-state index contributed by atoms with van der Waals surface area (Å²) in [6.45, 7) is -0.00156. The van der Waals surface area contributed by atoms with E-state index in [1.165, 1.54) is 13.2 Å². The van der Waals surface area contributed by atoms with Crippen molar-refractivity contribution in [1.29, 1.82) is 0 Å². The van der Waals surface area contributed by atoms with Crippen LogP contribution in [0, 0.1) is 0 Å². The normalized spacial score (nSPS) is 11.8. The van der Waals surface area contributed by atoms with E-state index in [-0.39, 0.29) is 11.7 Å². The van der Waals surface area contributed by atoms with E-state index >= 15 is 0 Å². The minimum Gasteiger partial charge on any atom is -0.453 e. The molecule has 0 aliphatic carbocycles. The highest BCUT2D eigenvalue weighted by molar-refractivity contribution is 7.92. The highest BCUT2D eigenvalue weighted by Gasteiger charge is 2.22. The number of urea groups is 1. The molecule has 0 fully saturated rings. The highest BCUT2D eigenvalue weighted by Crippen LogP contribution is 2.29. The van der Waals surface area contributed by atoms with Crippen LogP contribution >= 0.6 is 23.2 Å². The monoisotopic (exact) mass is 630 g/mol. The summed E-state index contributed by atoms with van der Waals surface area (Å²) in [4.78, 5) is 32.3. The van der Waals surface area contributed by atoms with Crippen molar-refractivity contribution in [2.45, 2.75) is 19.0 Å². The lowest BCUT2D eigenvalue weighted by Crippen LogP contribution is -2.39. The number of ether oxygens (including phenoxy) is 1. The first-order valence-electron chi connectivity index (χ1n) is 12.6. The van der Waals surface area contributed by atoms with Gasteiger partial charge in [0.05, 0.1) is 25.1 Å². The number of hydrogen-bond acceptors (Lipinski definition) is 6. The summed E-state index contributed by atoms with van der Waals surface area (Å²) < 4.78 is 30.6. The molecule has 1 aromatic heterocycles. The third-order valence-corrected chi connectivity index (χ3v) is 7.09. The van der Waals surface area contributed by atoms with Crippen LogP contribution in [-0.4, -0.2) is 43.9 Å². The van der Waals surface area contributed by atoms with Crippen LogP contribution in [0.4, 0.5) is 21.0 Å². The standard InChI is InChI=1S/C28H28Cl2N6O5S/c1-41-28(38)32-21-11-8-18(9-12-21)24-25(30)35-26(34-24)23(14-17-6-4-3-5-7-17)33-27(37)31-16-19-15-20(29)10-13-22(19)36-42(2,39)40/h3-13,15,23,36H,14,16H2,1-2H3,(H,32,38)(H,34,35)(H2,31,33,37). The molecule has 5 N–H and O–H groups in total. The molecule has 1 unspecified atom stereocenters. The molecule has 3 amide bonds. The second-order valence-corrected chi connectivity index (χ2v) is 11.8. The average Bonchev–Trinajstić information content (AvgIpc) is 3.34. The van der Waals surface area contributed by atoms with Crippen molar-refractivity contribution in [2.75, 3.05) is 23.4 Å². The Morgan fingerprint density at radius 3 is 2.40 bits per heavy atom. The first-order valence-corrected chi connectivity index (χ1v) is 15.2. The number of nitrogens with zero attached hydrogens (tertiary/aromatic N) is 1. The summed E-state index contributed by atoms with van der Waals surface area (Å²) in [7, 11) is -2.27. The molecule has 4 aromatic rings. The number of carbonyl (C=O) groups excluding carboxylic acids is 2. The number of nitrogens with one attached hydrogen (secondary N) is 5. The smallest absolute Gasteiger partial charge is 0.411 e. The zero-order valence-electron chi connectivity index (χ0n) is 22.6. The van der Waals surface area contributed by atoms with Crippen LogP contribution in [0.1, 0.15) is 23.0 Å². The van der Waals surface area contributed by atoms with Gasteiger partial charge in [-0.05, 0) is 47.9 Å². The number of halogens is 2. The summed E-state index contributed by atoms with van der Waals surface area (Å²) in [5.41, 5.74) is 3.42. The molecule has 0 spiro atoms. The first-order chi connectivity index (χ1) is 20.0. The number of methoxy groups -OCH3 is 1. The number of aromatic nitrogens is 2. The van der Waals surface area contributed by atoms with E-state index in [2.05, 4.69) is 35.4 Å². The summed E-state index contributed by atoms with van der Waals surface area (Å²) in [5, 5.41) is 8.93. The molecular formula is C28H28Cl2N6O5S. The van der Waals surface area contributed by atoms with Gasteiger partial charge in [0.1, 0.15) is 16.7 Å². The summed E-state index contributed by atoms with van der Waals surface area (Å²) >= 11 is 12.6. The molecular weight excluding hydrogens is 603 g/mol. The fourth-order valence-corrected chi connectivity index (χ4v) is 5.11. The topological polar surface area (TPSA) is 154 Å². The molecule has 0 saturated carbocycles. The molecule has 3 aromatic carbocycles. The van der Waals surface area contributed by atoms with Gasteiger partial charge in [-0.25, -0.2) is 23.0 Å². The lowest BCUT2D eigenvalue weighted by molar-refractivity contribution is 0.187. The Hall–Kier alpha value is -4.26. The van der Waals surface area contributed by atoms with Gasteiger partial charge in [0, 0.05) is 22.8 Å². The van der Waals surface area contributed by atoms with E-state index in [4.69, 9.17) is 23.2 Å². The van der Waals surface area contributed by atoms with Gasteiger partial charge in [-0.15, -0.1) is 0 Å². The Balaban J connectivity index is 1.54. The van der Waals surface area contributed by atoms with Crippen molar-refractivity contribution in [2.24, 2.45) is 0 Å². The van der Waals surface area contributed by atoms with Crippen LogP contribution in [0.2, 0.25) is 10.2 Å². The molecule has 0 saturated heterocycles. The van der Waals surface area contributed by atoms with Crippen molar-refractivity contribution >= 4 is 56.7 Å².